The van der Waals surface area contributed by atoms with Gasteiger partial charge in [-0.1, -0.05) is 24.3 Å². The molecule has 94 valence electrons. The van der Waals surface area contributed by atoms with Crippen LogP contribution >= 0.6 is 0 Å². The maximum absolute atomic E-state index is 4.28. The fourth-order valence-corrected chi connectivity index (χ4v) is 1.95. The molecule has 0 bridgehead atoms. The van der Waals surface area contributed by atoms with Crippen molar-refractivity contribution >= 4 is 5.82 Å². The number of para-hydroxylation sites is 1. The van der Waals surface area contributed by atoms with Crippen molar-refractivity contribution in [3.8, 4) is 5.69 Å². The summed E-state index contributed by atoms with van der Waals surface area (Å²) in [5.74, 6) is 0.873. The van der Waals surface area contributed by atoms with Gasteiger partial charge in [0.15, 0.2) is 0 Å². The summed E-state index contributed by atoms with van der Waals surface area (Å²) in [5.41, 5.74) is 2.26. The van der Waals surface area contributed by atoms with E-state index < -0.39 is 0 Å². The number of nitrogens with zero attached hydrogens (tertiary/aromatic N) is 3. The molecule has 0 saturated heterocycles. The molecule has 4 heteroatoms. The van der Waals surface area contributed by atoms with Gasteiger partial charge in [-0.3, -0.25) is 0 Å². The van der Waals surface area contributed by atoms with Gasteiger partial charge in [0.05, 0.1) is 5.69 Å². The highest BCUT2D eigenvalue weighted by Crippen LogP contribution is 2.14. The van der Waals surface area contributed by atoms with Crippen LogP contribution in [0.25, 0.3) is 5.69 Å². The largest absolute Gasteiger partial charge is 0.366 e. The molecule has 2 aromatic heterocycles. The molecular weight excluding hydrogens is 236 g/mol. The Kier molecular flexibility index (Phi) is 3.23. The summed E-state index contributed by atoms with van der Waals surface area (Å²) in [6.07, 6.45) is 5.50. The molecule has 0 amide bonds. The lowest BCUT2D eigenvalue weighted by molar-refractivity contribution is 0.863. The summed E-state index contributed by atoms with van der Waals surface area (Å²) in [7, 11) is 0. The molecule has 0 aliphatic rings. The second-order valence-corrected chi connectivity index (χ2v) is 4.15. The second-order valence-electron chi connectivity index (χ2n) is 4.15. The first kappa shape index (κ1) is 11.5. The molecule has 0 radical (unpaired) electrons. The molecule has 2 heterocycles. The fraction of sp³-hybridized carbons (Fsp3) is 0.0667. The van der Waals surface area contributed by atoms with E-state index in [4.69, 9.17) is 0 Å². The minimum atomic E-state index is 0.715. The zero-order chi connectivity index (χ0) is 12.9. The molecule has 1 N–H and O–H groups in total. The summed E-state index contributed by atoms with van der Waals surface area (Å²) in [5, 5.41) is 7.59. The fourth-order valence-electron chi connectivity index (χ4n) is 1.95. The molecule has 3 rings (SSSR count). The quantitative estimate of drug-likeness (QED) is 0.774. The first-order valence-electron chi connectivity index (χ1n) is 6.16. The molecule has 0 atom stereocenters. The Morgan fingerprint density at radius 2 is 1.84 bits per heavy atom. The van der Waals surface area contributed by atoms with Crippen LogP contribution < -0.4 is 5.32 Å². The monoisotopic (exact) mass is 250 g/mol. The van der Waals surface area contributed by atoms with E-state index in [0.29, 0.717) is 6.54 Å². The van der Waals surface area contributed by atoms with Crippen LogP contribution in [-0.2, 0) is 6.54 Å². The number of anilines is 1. The molecule has 19 heavy (non-hydrogen) atoms. The van der Waals surface area contributed by atoms with Crippen LogP contribution in [0.1, 0.15) is 5.56 Å². The Morgan fingerprint density at radius 1 is 0.947 bits per heavy atom. The van der Waals surface area contributed by atoms with Crippen LogP contribution in [-0.4, -0.2) is 14.8 Å². The molecule has 0 unspecified atom stereocenters. The van der Waals surface area contributed by atoms with Gasteiger partial charge >= 0.3 is 0 Å². The van der Waals surface area contributed by atoms with E-state index in [2.05, 4.69) is 27.5 Å². The van der Waals surface area contributed by atoms with E-state index in [9.17, 15) is 0 Å². The van der Waals surface area contributed by atoms with E-state index >= 15 is 0 Å². The van der Waals surface area contributed by atoms with Crippen molar-refractivity contribution in [1.82, 2.24) is 14.8 Å². The van der Waals surface area contributed by atoms with E-state index in [0.717, 1.165) is 11.5 Å². The van der Waals surface area contributed by atoms with Gasteiger partial charge < -0.3 is 5.32 Å². The number of pyridine rings is 1. The first-order valence-corrected chi connectivity index (χ1v) is 6.16. The Labute approximate surface area is 111 Å². The van der Waals surface area contributed by atoms with Gasteiger partial charge in [-0.2, -0.15) is 5.10 Å². The number of benzene rings is 1. The van der Waals surface area contributed by atoms with E-state index in [-0.39, 0.29) is 0 Å². The number of hydrogen-bond acceptors (Lipinski definition) is 3. The van der Waals surface area contributed by atoms with Crippen LogP contribution in [0.2, 0.25) is 0 Å². The predicted octanol–water partition coefficient (Wildman–Crippen LogP) is 2.88. The van der Waals surface area contributed by atoms with Gasteiger partial charge in [0.25, 0.3) is 0 Å². The molecule has 1 aromatic carbocycles. The Hall–Kier alpha value is -2.62. The molecule has 0 aliphatic carbocycles. The summed E-state index contributed by atoms with van der Waals surface area (Å²) >= 11 is 0. The van der Waals surface area contributed by atoms with E-state index in [1.807, 2.05) is 47.3 Å². The highest BCUT2D eigenvalue weighted by atomic mass is 15.3. The zero-order valence-electron chi connectivity index (χ0n) is 10.4. The highest BCUT2D eigenvalue weighted by molar-refractivity contribution is 5.43. The highest BCUT2D eigenvalue weighted by Gasteiger charge is 2.03. The maximum Gasteiger partial charge on any atom is 0.126 e. The lowest BCUT2D eigenvalue weighted by Gasteiger charge is -2.10. The number of rotatable bonds is 4. The van der Waals surface area contributed by atoms with Gasteiger partial charge in [-0.25, -0.2) is 9.67 Å². The van der Waals surface area contributed by atoms with E-state index in [1.54, 1.807) is 12.4 Å². The third-order valence-electron chi connectivity index (χ3n) is 2.87. The summed E-state index contributed by atoms with van der Waals surface area (Å²) in [6, 6.07) is 15.9. The van der Waals surface area contributed by atoms with Crippen LogP contribution in [0.15, 0.2) is 67.1 Å². The number of hydrogen-bond donors (Lipinski definition) is 1. The molecular formula is C15H14N4. The lowest BCUT2D eigenvalue weighted by Crippen LogP contribution is -2.06. The van der Waals surface area contributed by atoms with Gasteiger partial charge in [-0.15, -0.1) is 0 Å². The zero-order valence-corrected chi connectivity index (χ0v) is 10.4. The van der Waals surface area contributed by atoms with Gasteiger partial charge in [0.2, 0.25) is 0 Å². The minimum absolute atomic E-state index is 0.715. The SMILES string of the molecule is c1ccc(NCc2ccccc2-n2cccn2)nc1. The van der Waals surface area contributed by atoms with Crippen molar-refractivity contribution in [2.24, 2.45) is 0 Å². The molecule has 3 aromatic rings. The molecule has 4 nitrogen and oxygen atoms in total. The smallest absolute Gasteiger partial charge is 0.126 e. The number of nitrogens with one attached hydrogen (secondary N) is 1. The molecule has 0 saturated carbocycles. The Bertz CT molecular complexity index is 632. The summed E-state index contributed by atoms with van der Waals surface area (Å²) < 4.78 is 1.87. The van der Waals surface area contributed by atoms with Crippen LogP contribution in [0.5, 0.6) is 0 Å². The van der Waals surface area contributed by atoms with Crippen LogP contribution in [0.4, 0.5) is 5.82 Å². The standard InChI is InChI=1S/C15H14N4/c1-2-7-14(19-11-5-10-18-19)13(6-1)12-17-15-8-3-4-9-16-15/h1-11H,12H2,(H,16,17). The van der Waals surface area contributed by atoms with Gasteiger partial charge in [0.1, 0.15) is 5.82 Å². The second kappa shape index (κ2) is 5.35. The van der Waals surface area contributed by atoms with Crippen molar-refractivity contribution in [1.29, 1.82) is 0 Å². The van der Waals surface area contributed by atoms with Crippen LogP contribution in [0, 0.1) is 0 Å². The number of aromatic nitrogens is 3. The third-order valence-corrected chi connectivity index (χ3v) is 2.87. The van der Waals surface area contributed by atoms with E-state index in [1.165, 1.54) is 5.56 Å². The third kappa shape index (κ3) is 2.63. The summed E-state index contributed by atoms with van der Waals surface area (Å²) in [6.45, 7) is 0.715. The first-order chi connectivity index (χ1) is 9.43. The van der Waals surface area contributed by atoms with Crippen molar-refractivity contribution in [3.05, 3.63) is 72.7 Å². The van der Waals surface area contributed by atoms with Crippen molar-refractivity contribution in [2.45, 2.75) is 6.54 Å². The van der Waals surface area contributed by atoms with Gasteiger partial charge in [-0.05, 0) is 29.8 Å². The average molecular weight is 250 g/mol. The normalized spacial score (nSPS) is 10.3. The van der Waals surface area contributed by atoms with Crippen molar-refractivity contribution in [2.75, 3.05) is 5.32 Å². The van der Waals surface area contributed by atoms with Crippen LogP contribution in [0.3, 0.4) is 0 Å². The lowest BCUT2D eigenvalue weighted by atomic mass is 10.2. The topological polar surface area (TPSA) is 42.7 Å². The molecule has 0 spiro atoms. The Balaban J connectivity index is 1.82. The average Bonchev–Trinajstić information content (AvgIpc) is 3.01. The van der Waals surface area contributed by atoms with Crippen molar-refractivity contribution < 1.29 is 0 Å². The molecule has 0 aliphatic heterocycles. The molecule has 0 fully saturated rings. The minimum Gasteiger partial charge on any atom is -0.366 e. The maximum atomic E-state index is 4.28. The predicted molar refractivity (Wildman–Crippen MR) is 75.1 cm³/mol. The van der Waals surface area contributed by atoms with Gasteiger partial charge in [0, 0.05) is 25.1 Å². The Morgan fingerprint density at radius 3 is 2.63 bits per heavy atom. The summed E-state index contributed by atoms with van der Waals surface area (Å²) in [4.78, 5) is 4.25. The van der Waals surface area contributed by atoms with Crippen molar-refractivity contribution in [3.63, 3.8) is 0 Å².